The topological polar surface area (TPSA) is 104 Å². The summed E-state index contributed by atoms with van der Waals surface area (Å²) in [5, 5.41) is 5.19. The number of esters is 2. The predicted molar refractivity (Wildman–Crippen MR) is 214 cm³/mol. The van der Waals surface area contributed by atoms with Gasteiger partial charge in [-0.2, -0.15) is 9.61 Å². The van der Waals surface area contributed by atoms with Crippen molar-refractivity contribution in [1.29, 1.82) is 0 Å². The number of rotatable bonds is 15. The molecule has 1 fully saturated rings. The highest BCUT2D eigenvalue weighted by molar-refractivity contribution is 5.92. The maximum Gasteiger partial charge on any atom is 0.340 e. The Morgan fingerprint density at radius 2 is 1.76 bits per heavy atom. The monoisotopic (exact) mass is 736 g/mol. The Morgan fingerprint density at radius 3 is 2.41 bits per heavy atom. The highest BCUT2D eigenvalue weighted by Crippen LogP contribution is 2.42. The fraction of sp³-hybridized carbons (Fsp3) is 0.455. The first kappa shape index (κ1) is 40.2. The summed E-state index contributed by atoms with van der Waals surface area (Å²) in [6.07, 6.45) is 7.35. The summed E-state index contributed by atoms with van der Waals surface area (Å²) in [5.41, 5.74) is 5.08. The van der Waals surface area contributed by atoms with Gasteiger partial charge in [0.05, 0.1) is 42.2 Å². The number of allylic oxidation sites excluding steroid dienone is 1. The lowest BCUT2D eigenvalue weighted by atomic mass is 9.76. The van der Waals surface area contributed by atoms with Crippen LogP contribution in [0.1, 0.15) is 101 Å². The number of piperidine rings is 1. The summed E-state index contributed by atoms with van der Waals surface area (Å²) >= 11 is 0. The summed E-state index contributed by atoms with van der Waals surface area (Å²) in [7, 11) is 1.37. The minimum atomic E-state index is -1.01. The van der Waals surface area contributed by atoms with Crippen LogP contribution in [0.25, 0.3) is 28.0 Å². The summed E-state index contributed by atoms with van der Waals surface area (Å²) < 4.78 is 25.3. The molecule has 0 bridgehead atoms. The molecular formula is C44H56N4O6. The lowest BCUT2D eigenvalue weighted by Gasteiger charge is -2.41. The molecule has 4 aromatic rings. The van der Waals surface area contributed by atoms with Crippen LogP contribution in [-0.2, 0) is 19.0 Å². The maximum absolute atomic E-state index is 13.7. The second-order valence-electron chi connectivity index (χ2n) is 15.5. The molecule has 0 unspecified atom stereocenters. The van der Waals surface area contributed by atoms with Gasteiger partial charge in [0.25, 0.3) is 0 Å². The van der Waals surface area contributed by atoms with Crippen molar-refractivity contribution >= 4 is 23.4 Å². The van der Waals surface area contributed by atoms with Crippen LogP contribution in [0.5, 0.6) is 5.75 Å². The van der Waals surface area contributed by atoms with Gasteiger partial charge in [-0.3, -0.25) is 0 Å². The van der Waals surface area contributed by atoms with Gasteiger partial charge in [-0.25, -0.2) is 14.6 Å². The molecule has 10 heteroatoms. The fourth-order valence-corrected chi connectivity index (χ4v) is 7.07. The number of carbonyl (C=O) groups is 2. The number of benzene rings is 2. The van der Waals surface area contributed by atoms with Crippen LogP contribution >= 0.6 is 0 Å². The Balaban J connectivity index is 1.67. The number of nitrogens with zero attached hydrogens (tertiary/aromatic N) is 4. The number of ether oxygens (including phenoxy) is 4. The highest BCUT2D eigenvalue weighted by atomic mass is 16.6. The average molecular weight is 737 g/mol. The van der Waals surface area contributed by atoms with Gasteiger partial charge < -0.3 is 23.8 Å². The number of anilines is 1. The fourth-order valence-electron chi connectivity index (χ4n) is 7.07. The van der Waals surface area contributed by atoms with Crippen LogP contribution in [0.4, 0.5) is 5.82 Å². The molecule has 2 aromatic carbocycles. The van der Waals surface area contributed by atoms with Gasteiger partial charge in [-0.05, 0) is 102 Å². The lowest BCUT2D eigenvalue weighted by Crippen LogP contribution is -2.41. The van der Waals surface area contributed by atoms with Gasteiger partial charge >= 0.3 is 11.9 Å². The van der Waals surface area contributed by atoms with Crippen molar-refractivity contribution in [3.8, 4) is 28.1 Å². The molecule has 5 rings (SSSR count). The molecule has 10 nitrogen and oxygen atoms in total. The first-order valence-corrected chi connectivity index (χ1v) is 18.9. The van der Waals surface area contributed by atoms with Gasteiger partial charge in [0.15, 0.2) is 11.8 Å². The van der Waals surface area contributed by atoms with Crippen molar-refractivity contribution in [2.45, 2.75) is 98.4 Å². The van der Waals surface area contributed by atoms with Gasteiger partial charge in [-0.15, -0.1) is 13.2 Å². The Labute approximate surface area is 320 Å². The van der Waals surface area contributed by atoms with Crippen molar-refractivity contribution in [1.82, 2.24) is 14.6 Å². The zero-order chi connectivity index (χ0) is 39.2. The van der Waals surface area contributed by atoms with Crippen LogP contribution in [-0.4, -0.2) is 65.0 Å². The summed E-state index contributed by atoms with van der Waals surface area (Å²) in [6.45, 7) is 23.4. The molecule has 1 aliphatic heterocycles. The summed E-state index contributed by atoms with van der Waals surface area (Å²) in [5.74, 6) is 0.534. The Morgan fingerprint density at radius 1 is 1.04 bits per heavy atom. The molecule has 1 saturated heterocycles. The molecule has 3 heterocycles. The number of fused-ring (bicyclic) bond motifs is 1. The van der Waals surface area contributed by atoms with Crippen molar-refractivity contribution in [2.75, 3.05) is 31.7 Å². The summed E-state index contributed by atoms with van der Waals surface area (Å²) in [4.78, 5) is 33.6. The Kier molecular flexibility index (Phi) is 12.7. The molecule has 288 valence electrons. The number of aryl methyl sites for hydroxylation is 1. The van der Waals surface area contributed by atoms with E-state index < -0.39 is 23.6 Å². The van der Waals surface area contributed by atoms with Gasteiger partial charge in [0.2, 0.25) is 0 Å². The second-order valence-corrected chi connectivity index (χ2v) is 15.5. The number of methoxy groups -OCH3 is 1. The van der Waals surface area contributed by atoms with Crippen LogP contribution in [0.2, 0.25) is 0 Å². The van der Waals surface area contributed by atoms with Crippen molar-refractivity contribution in [3.63, 3.8) is 0 Å². The molecule has 0 aliphatic carbocycles. The van der Waals surface area contributed by atoms with E-state index in [0.29, 0.717) is 40.3 Å². The van der Waals surface area contributed by atoms with Crippen molar-refractivity contribution in [3.05, 3.63) is 90.7 Å². The predicted octanol–water partition coefficient (Wildman–Crippen LogP) is 9.49. The third kappa shape index (κ3) is 9.21. The van der Waals surface area contributed by atoms with E-state index in [1.54, 1.807) is 25.1 Å². The van der Waals surface area contributed by atoms with Gasteiger partial charge in [0, 0.05) is 42.4 Å². The van der Waals surface area contributed by atoms with Crippen molar-refractivity contribution in [2.24, 2.45) is 5.41 Å². The van der Waals surface area contributed by atoms with Gasteiger partial charge in [0.1, 0.15) is 11.6 Å². The molecule has 0 saturated carbocycles. The number of hydrogen-bond donors (Lipinski definition) is 0. The highest BCUT2D eigenvalue weighted by Gasteiger charge is 2.38. The lowest BCUT2D eigenvalue weighted by molar-refractivity contribution is -0.166. The standard InChI is InChI=1S/C44H56N4O6/c1-11-14-21-44(9)22-24-47(25-23-44)40-38(39(42(50)52-13-3)54-43(6,7)8)30(5)45-37-28-35(46-48(37)40)32-18-15-17-31(26-32)34-27-33(41(49)51-10)19-20-36(34)53-29(4)16-12-2/h11-12,15,17-20,26-29,39H,1-2,13-14,16,21-25H2,3-10H3/t29-,39-/m0/s1. The Hall–Kier alpha value is -4.96. The smallest absolute Gasteiger partial charge is 0.340 e. The minimum absolute atomic E-state index is 0.121. The largest absolute Gasteiger partial charge is 0.490 e. The van der Waals surface area contributed by atoms with Crippen LogP contribution in [0.15, 0.2) is 73.8 Å². The third-order valence-electron chi connectivity index (χ3n) is 9.96. The van der Waals surface area contributed by atoms with Crippen LogP contribution < -0.4 is 9.64 Å². The molecule has 54 heavy (non-hydrogen) atoms. The van der Waals surface area contributed by atoms with Crippen LogP contribution in [0.3, 0.4) is 0 Å². The molecule has 2 aromatic heterocycles. The van der Waals surface area contributed by atoms with E-state index >= 15 is 0 Å². The van der Waals surface area contributed by atoms with E-state index in [9.17, 15) is 9.59 Å². The van der Waals surface area contributed by atoms with E-state index in [-0.39, 0.29) is 18.1 Å². The van der Waals surface area contributed by atoms with E-state index in [0.717, 1.165) is 61.3 Å². The van der Waals surface area contributed by atoms with Crippen molar-refractivity contribution < 1.29 is 28.5 Å². The quantitative estimate of drug-likeness (QED) is 0.0872. The molecule has 0 N–H and O–H groups in total. The molecule has 0 radical (unpaired) electrons. The number of carbonyl (C=O) groups excluding carboxylic acids is 2. The first-order valence-electron chi connectivity index (χ1n) is 18.9. The molecule has 0 amide bonds. The molecular weight excluding hydrogens is 681 g/mol. The second kappa shape index (κ2) is 17.0. The normalized spacial score (nSPS) is 15.4. The SMILES string of the molecule is C=CCCC1(C)CCN(c2c([C@H](OC(C)(C)C)C(=O)OCC)c(C)nc3cc(-c4cccc(-c5cc(C(=O)OC)ccc5O[C@@H](C)CC=C)c4)nn23)CC1. The molecule has 2 atom stereocenters. The van der Waals surface area contributed by atoms with E-state index in [1.807, 2.05) is 81.6 Å². The molecule has 1 aliphatic rings. The van der Waals surface area contributed by atoms with E-state index in [4.69, 9.17) is 29.0 Å². The van der Waals surface area contributed by atoms with E-state index in [1.165, 1.54) is 7.11 Å². The number of aromatic nitrogens is 3. The zero-order valence-electron chi connectivity index (χ0n) is 33.2. The first-order chi connectivity index (χ1) is 25.7. The Bertz CT molecular complexity index is 1980. The van der Waals surface area contributed by atoms with Gasteiger partial charge in [-0.1, -0.05) is 37.3 Å². The van der Waals surface area contributed by atoms with Crippen LogP contribution in [0, 0.1) is 12.3 Å². The summed E-state index contributed by atoms with van der Waals surface area (Å²) in [6, 6.07) is 15.3. The minimum Gasteiger partial charge on any atom is -0.490 e. The number of hydrogen-bond acceptors (Lipinski definition) is 9. The average Bonchev–Trinajstić information content (AvgIpc) is 3.56. The van der Waals surface area contributed by atoms with E-state index in [2.05, 4.69) is 25.0 Å². The maximum atomic E-state index is 13.7. The zero-order valence-corrected chi connectivity index (χ0v) is 33.2. The molecule has 0 spiro atoms. The third-order valence-corrected chi connectivity index (χ3v) is 9.96.